The van der Waals surface area contributed by atoms with Crippen LogP contribution >= 0.6 is 11.6 Å². The molecule has 3 aromatic carbocycles. The Morgan fingerprint density at radius 3 is 1.73 bits per heavy atom. The van der Waals surface area contributed by atoms with E-state index in [0.717, 1.165) is 82.7 Å². The lowest BCUT2D eigenvalue weighted by Crippen LogP contribution is -2.20. The van der Waals surface area contributed by atoms with E-state index < -0.39 is 0 Å². The monoisotopic (exact) mass is 681 g/mol. The molecule has 3 heterocycles. The van der Waals surface area contributed by atoms with Gasteiger partial charge in [0.15, 0.2) is 0 Å². The third-order valence-electron chi connectivity index (χ3n) is 8.51. The highest BCUT2D eigenvalue weighted by Gasteiger charge is 2.08. The van der Waals surface area contributed by atoms with Gasteiger partial charge in [-0.2, -0.15) is 0 Å². The number of hydrogen-bond donors (Lipinski definition) is 1. The predicted molar refractivity (Wildman–Crippen MR) is 196 cm³/mol. The normalized spacial score (nSPS) is 11.4. The first-order valence-corrected chi connectivity index (χ1v) is 17.4. The molecule has 254 valence electrons. The van der Waals surface area contributed by atoms with E-state index in [4.69, 9.17) is 25.8 Å². The minimum atomic E-state index is -0.147. The highest BCUT2D eigenvalue weighted by Crippen LogP contribution is 2.23. The number of benzene rings is 3. The predicted octanol–water partition coefficient (Wildman–Crippen LogP) is 7.27. The van der Waals surface area contributed by atoms with Gasteiger partial charge in [0.25, 0.3) is 11.1 Å². The van der Waals surface area contributed by atoms with Gasteiger partial charge in [-0.3, -0.25) is 14.4 Å². The molecule has 0 spiro atoms. The third-order valence-corrected chi connectivity index (χ3v) is 8.78. The van der Waals surface area contributed by atoms with Crippen LogP contribution in [0.25, 0.3) is 32.7 Å². The van der Waals surface area contributed by atoms with Gasteiger partial charge in [-0.05, 0) is 110 Å². The molecule has 0 bridgehead atoms. The molecule has 6 rings (SSSR count). The molecule has 3 aromatic heterocycles. The highest BCUT2D eigenvalue weighted by atomic mass is 35.5. The molecule has 0 aliphatic rings. The maximum Gasteiger partial charge on any atom is 0.251 e. The minimum Gasteiger partial charge on any atom is -0.494 e. The zero-order valence-electron chi connectivity index (χ0n) is 27.4. The lowest BCUT2D eigenvalue weighted by Gasteiger charge is -2.13. The number of unbranched alkanes of at least 4 members (excludes halogenated alkanes) is 3. The van der Waals surface area contributed by atoms with E-state index in [1.807, 2.05) is 66.7 Å². The molecule has 0 aliphatic heterocycles. The molecule has 49 heavy (non-hydrogen) atoms. The second-order valence-corrected chi connectivity index (χ2v) is 12.4. The number of pyridine rings is 3. The van der Waals surface area contributed by atoms with Crippen LogP contribution in [-0.2, 0) is 13.1 Å². The summed E-state index contributed by atoms with van der Waals surface area (Å²) < 4.78 is 21.4. The van der Waals surface area contributed by atoms with Crippen LogP contribution in [0, 0.1) is 0 Å². The SMILES string of the molecule is O=c1ccc2ccc(OCCCCn3c(=O)ccc4cc(OCCCCn5c(=O)ccc6ccc(OCCCCCl)cc65)ccc43)cc2[nH]1. The molecule has 6 aromatic rings. The number of aromatic nitrogens is 3. The summed E-state index contributed by atoms with van der Waals surface area (Å²) in [7, 11) is 0. The molecule has 1 N–H and O–H groups in total. The fourth-order valence-electron chi connectivity index (χ4n) is 5.92. The Bertz CT molecular complexity index is 2220. The Balaban J connectivity index is 0.989. The average molecular weight is 682 g/mol. The lowest BCUT2D eigenvalue weighted by atomic mass is 10.2. The number of halogens is 1. The van der Waals surface area contributed by atoms with Crippen molar-refractivity contribution in [3.63, 3.8) is 0 Å². The smallest absolute Gasteiger partial charge is 0.251 e. The second-order valence-electron chi connectivity index (χ2n) is 12.0. The Hall–Kier alpha value is -5.02. The number of nitrogens with one attached hydrogen (secondary N) is 1. The number of aromatic amines is 1. The minimum absolute atomic E-state index is 0.0376. The summed E-state index contributed by atoms with van der Waals surface area (Å²) >= 11 is 5.77. The first kappa shape index (κ1) is 33.9. The van der Waals surface area contributed by atoms with Crippen LogP contribution in [0.1, 0.15) is 38.5 Å². The van der Waals surface area contributed by atoms with Gasteiger partial charge < -0.3 is 28.3 Å². The van der Waals surface area contributed by atoms with Crippen molar-refractivity contribution in [1.29, 1.82) is 0 Å². The van der Waals surface area contributed by atoms with E-state index in [1.54, 1.807) is 27.3 Å². The average Bonchev–Trinajstić information content (AvgIpc) is 3.11. The summed E-state index contributed by atoms with van der Waals surface area (Å²) in [6, 6.07) is 27.5. The molecule has 0 amide bonds. The Morgan fingerprint density at radius 2 is 1.04 bits per heavy atom. The van der Waals surface area contributed by atoms with Crippen LogP contribution < -0.4 is 30.9 Å². The first-order chi connectivity index (χ1) is 24.0. The van der Waals surface area contributed by atoms with Crippen molar-refractivity contribution < 1.29 is 14.2 Å². The van der Waals surface area contributed by atoms with Crippen molar-refractivity contribution in [1.82, 2.24) is 14.1 Å². The molecule has 0 fully saturated rings. The topological polar surface area (TPSA) is 105 Å². The number of aryl methyl sites for hydroxylation is 2. The zero-order valence-corrected chi connectivity index (χ0v) is 28.1. The van der Waals surface area contributed by atoms with E-state index in [1.165, 1.54) is 6.07 Å². The van der Waals surface area contributed by atoms with Crippen molar-refractivity contribution in [2.24, 2.45) is 0 Å². The molecular formula is C39H40ClN3O6. The standard InChI is InChI=1S/C39H40ClN3O6/c40-19-1-4-22-49-33-13-8-29-10-17-39(46)43(36(29)27-33)21-3-6-23-47-31-14-15-35-30(25-31)11-18-38(45)42(35)20-2-5-24-48-32-12-7-28-9-16-37(44)41-34(28)26-32/h7-18,25-27H,1-6,19-24H2,(H,41,44). The lowest BCUT2D eigenvalue weighted by molar-refractivity contribution is 0.303. The number of alkyl halides is 1. The van der Waals surface area contributed by atoms with Gasteiger partial charge in [-0.1, -0.05) is 0 Å². The molecule has 10 heteroatoms. The number of H-pyrrole nitrogens is 1. The van der Waals surface area contributed by atoms with Crippen molar-refractivity contribution in [3.05, 3.63) is 122 Å². The zero-order chi connectivity index (χ0) is 34.0. The summed E-state index contributed by atoms with van der Waals surface area (Å²) in [5.74, 6) is 2.80. The Kier molecular flexibility index (Phi) is 11.3. The van der Waals surface area contributed by atoms with Gasteiger partial charge >= 0.3 is 0 Å². The van der Waals surface area contributed by atoms with Gasteiger partial charge in [-0.15, -0.1) is 11.6 Å². The van der Waals surface area contributed by atoms with Gasteiger partial charge in [0, 0.05) is 54.7 Å². The van der Waals surface area contributed by atoms with Crippen LogP contribution in [0.3, 0.4) is 0 Å². The summed E-state index contributed by atoms with van der Waals surface area (Å²) in [5, 5.41) is 2.87. The highest BCUT2D eigenvalue weighted by molar-refractivity contribution is 6.17. The number of nitrogens with zero attached hydrogens (tertiary/aromatic N) is 2. The molecule has 0 saturated carbocycles. The molecule has 0 radical (unpaired) electrons. The Morgan fingerprint density at radius 1 is 0.510 bits per heavy atom. The van der Waals surface area contributed by atoms with Gasteiger partial charge in [0.05, 0.1) is 36.4 Å². The van der Waals surface area contributed by atoms with Crippen LogP contribution in [0.2, 0.25) is 0 Å². The van der Waals surface area contributed by atoms with E-state index in [9.17, 15) is 14.4 Å². The summed E-state index contributed by atoms with van der Waals surface area (Å²) in [6.07, 6.45) is 4.87. The van der Waals surface area contributed by atoms with Gasteiger partial charge in [0.1, 0.15) is 17.2 Å². The summed E-state index contributed by atoms with van der Waals surface area (Å²) in [6.45, 7) is 2.74. The number of hydrogen-bond acceptors (Lipinski definition) is 6. The van der Waals surface area contributed by atoms with E-state index in [-0.39, 0.29) is 16.7 Å². The summed E-state index contributed by atoms with van der Waals surface area (Å²) in [5.41, 5.74) is 2.23. The van der Waals surface area contributed by atoms with E-state index in [0.29, 0.717) is 44.5 Å². The first-order valence-electron chi connectivity index (χ1n) is 16.8. The second kappa shape index (κ2) is 16.4. The fourth-order valence-corrected chi connectivity index (χ4v) is 6.11. The number of ether oxygens (including phenoxy) is 3. The third kappa shape index (κ3) is 8.72. The quantitative estimate of drug-likeness (QED) is 0.0802. The van der Waals surface area contributed by atoms with E-state index in [2.05, 4.69) is 4.98 Å². The van der Waals surface area contributed by atoms with Crippen molar-refractivity contribution in [2.75, 3.05) is 25.7 Å². The molecule has 0 unspecified atom stereocenters. The van der Waals surface area contributed by atoms with Crippen LogP contribution in [0.5, 0.6) is 17.2 Å². The molecule has 0 aliphatic carbocycles. The van der Waals surface area contributed by atoms with Gasteiger partial charge in [0.2, 0.25) is 5.56 Å². The van der Waals surface area contributed by atoms with Gasteiger partial charge in [-0.25, -0.2) is 0 Å². The number of rotatable bonds is 17. The molecular weight excluding hydrogens is 642 g/mol. The summed E-state index contributed by atoms with van der Waals surface area (Å²) in [4.78, 5) is 39.9. The van der Waals surface area contributed by atoms with Crippen molar-refractivity contribution in [2.45, 2.75) is 51.6 Å². The molecule has 9 nitrogen and oxygen atoms in total. The Labute approximate surface area is 288 Å². The number of fused-ring (bicyclic) bond motifs is 3. The van der Waals surface area contributed by atoms with Crippen molar-refractivity contribution in [3.8, 4) is 17.2 Å². The fraction of sp³-hybridized carbons (Fsp3) is 0.308. The molecule has 0 saturated heterocycles. The van der Waals surface area contributed by atoms with Crippen LogP contribution in [-0.4, -0.2) is 39.8 Å². The maximum absolute atomic E-state index is 12.7. The maximum atomic E-state index is 12.7. The van der Waals surface area contributed by atoms with E-state index >= 15 is 0 Å². The largest absolute Gasteiger partial charge is 0.494 e. The van der Waals surface area contributed by atoms with Crippen LogP contribution in [0.15, 0.2) is 105 Å². The molecule has 0 atom stereocenters. The van der Waals surface area contributed by atoms with Crippen LogP contribution in [0.4, 0.5) is 0 Å². The van der Waals surface area contributed by atoms with Crippen molar-refractivity contribution >= 4 is 44.3 Å².